The van der Waals surface area contributed by atoms with E-state index in [1.165, 1.54) is 0 Å². The molecule has 0 aliphatic carbocycles. The van der Waals surface area contributed by atoms with Gasteiger partial charge in [-0.25, -0.2) is 9.79 Å². The van der Waals surface area contributed by atoms with Gasteiger partial charge in [0.05, 0.1) is 6.54 Å². The van der Waals surface area contributed by atoms with Crippen LogP contribution < -0.4 is 5.32 Å². The topological polar surface area (TPSA) is 69.6 Å². The molecule has 0 bridgehead atoms. The molecular formula is C14H22ClNO3P+. The van der Waals surface area contributed by atoms with E-state index in [1.54, 1.807) is 12.1 Å². The van der Waals surface area contributed by atoms with Gasteiger partial charge in [0, 0.05) is 11.6 Å². The number of carbonyl (C=O) groups is 1. The number of rotatable bonds is 9. The third-order valence-corrected chi connectivity index (χ3v) is 5.01. The van der Waals surface area contributed by atoms with Crippen molar-refractivity contribution in [1.82, 2.24) is 5.32 Å². The lowest BCUT2D eigenvalue weighted by Crippen LogP contribution is -2.26. The molecule has 0 aromatic heterocycles. The SMILES string of the molecule is CCCC[P+](O)(O)CC(=O)CNCc1ccc(Cl)cc1. The Bertz CT molecular complexity index is 423. The zero-order chi connectivity index (χ0) is 15.0. The summed E-state index contributed by atoms with van der Waals surface area (Å²) in [5, 5.41) is 3.68. The molecule has 0 radical (unpaired) electrons. The molecule has 1 aromatic rings. The van der Waals surface area contributed by atoms with Crippen molar-refractivity contribution in [3.8, 4) is 0 Å². The van der Waals surface area contributed by atoms with Gasteiger partial charge < -0.3 is 5.32 Å². The summed E-state index contributed by atoms with van der Waals surface area (Å²) in [4.78, 5) is 31.2. The van der Waals surface area contributed by atoms with E-state index >= 15 is 0 Å². The first-order valence-corrected chi connectivity index (χ1v) is 9.16. The van der Waals surface area contributed by atoms with Crippen LogP contribution in [0.4, 0.5) is 0 Å². The van der Waals surface area contributed by atoms with Crippen molar-refractivity contribution in [1.29, 1.82) is 0 Å². The molecule has 0 heterocycles. The Morgan fingerprint density at radius 2 is 1.95 bits per heavy atom. The van der Waals surface area contributed by atoms with E-state index in [-0.39, 0.29) is 18.5 Å². The van der Waals surface area contributed by atoms with E-state index in [9.17, 15) is 14.6 Å². The number of hydrogen-bond acceptors (Lipinski definition) is 4. The number of Topliss-reactive ketones (excluding diaryl/α,β-unsaturated/α-hetero) is 1. The molecule has 6 heteroatoms. The van der Waals surface area contributed by atoms with Crippen LogP contribution in [0.3, 0.4) is 0 Å². The molecule has 0 unspecified atom stereocenters. The summed E-state index contributed by atoms with van der Waals surface area (Å²) in [5.74, 6) is -0.159. The van der Waals surface area contributed by atoms with Crippen LogP contribution in [0, 0.1) is 0 Å². The summed E-state index contributed by atoms with van der Waals surface area (Å²) in [6.07, 6.45) is 1.85. The number of benzene rings is 1. The highest BCUT2D eigenvalue weighted by atomic mass is 35.5. The second kappa shape index (κ2) is 8.71. The van der Waals surface area contributed by atoms with Gasteiger partial charge in [-0.15, -0.1) is 0 Å². The maximum absolute atomic E-state index is 11.7. The van der Waals surface area contributed by atoms with Crippen molar-refractivity contribution >= 4 is 25.1 Å². The summed E-state index contributed by atoms with van der Waals surface area (Å²) in [7, 11) is -3.04. The zero-order valence-electron chi connectivity index (χ0n) is 11.7. The van der Waals surface area contributed by atoms with Crippen molar-refractivity contribution in [3.63, 3.8) is 0 Å². The number of ketones is 1. The Morgan fingerprint density at radius 1 is 1.30 bits per heavy atom. The van der Waals surface area contributed by atoms with E-state index in [4.69, 9.17) is 11.6 Å². The van der Waals surface area contributed by atoms with Crippen molar-refractivity contribution in [2.24, 2.45) is 0 Å². The quantitative estimate of drug-likeness (QED) is 0.612. The predicted octanol–water partition coefficient (Wildman–Crippen LogP) is 2.63. The lowest BCUT2D eigenvalue weighted by atomic mass is 10.2. The minimum Gasteiger partial charge on any atom is -0.306 e. The third-order valence-electron chi connectivity index (χ3n) is 2.86. The summed E-state index contributed by atoms with van der Waals surface area (Å²) in [6.45, 7) is 2.69. The fraction of sp³-hybridized carbons (Fsp3) is 0.500. The molecule has 0 saturated carbocycles. The molecular weight excluding hydrogens is 297 g/mol. The van der Waals surface area contributed by atoms with Crippen LogP contribution in [-0.2, 0) is 11.3 Å². The normalized spacial score (nSPS) is 11.6. The molecule has 0 atom stereocenters. The number of hydrogen-bond donors (Lipinski definition) is 3. The second-order valence-electron chi connectivity index (χ2n) is 4.88. The summed E-state index contributed by atoms with van der Waals surface area (Å²) in [6, 6.07) is 7.36. The Morgan fingerprint density at radius 3 is 2.55 bits per heavy atom. The van der Waals surface area contributed by atoms with E-state index in [1.807, 2.05) is 19.1 Å². The first-order valence-electron chi connectivity index (χ1n) is 6.72. The van der Waals surface area contributed by atoms with Crippen molar-refractivity contribution in [2.45, 2.75) is 26.3 Å². The average molecular weight is 319 g/mol. The molecule has 1 aromatic carbocycles. The Hall–Kier alpha value is -0.510. The van der Waals surface area contributed by atoms with E-state index < -0.39 is 7.72 Å². The molecule has 0 amide bonds. The largest absolute Gasteiger partial charge is 0.306 e. The maximum Gasteiger partial charge on any atom is 0.275 e. The van der Waals surface area contributed by atoms with Gasteiger partial charge in [-0.3, -0.25) is 4.79 Å². The van der Waals surface area contributed by atoms with Crippen LogP contribution in [0.25, 0.3) is 0 Å². The second-order valence-corrected chi connectivity index (χ2v) is 7.84. The van der Waals surface area contributed by atoms with Crippen molar-refractivity contribution in [2.75, 3.05) is 18.9 Å². The molecule has 0 fully saturated rings. The van der Waals surface area contributed by atoms with Crippen LogP contribution in [0.15, 0.2) is 24.3 Å². The van der Waals surface area contributed by atoms with Crippen molar-refractivity contribution in [3.05, 3.63) is 34.9 Å². The minimum absolute atomic E-state index is 0.124. The number of halogens is 1. The van der Waals surface area contributed by atoms with Gasteiger partial charge >= 0.3 is 0 Å². The van der Waals surface area contributed by atoms with E-state index in [2.05, 4.69) is 5.32 Å². The standard InChI is InChI=1S/C14H22ClNO3P/c1-2-3-8-20(18,19)11-14(17)10-16-9-12-4-6-13(15)7-5-12/h4-7,16,18-19H,2-3,8-11H2,1H3/q+1. The lowest BCUT2D eigenvalue weighted by molar-refractivity contribution is -0.116. The fourth-order valence-corrected chi connectivity index (χ4v) is 3.56. The van der Waals surface area contributed by atoms with Crippen LogP contribution in [0.5, 0.6) is 0 Å². The Kier molecular flexibility index (Phi) is 7.63. The van der Waals surface area contributed by atoms with Gasteiger partial charge in [0.1, 0.15) is 6.16 Å². The van der Waals surface area contributed by atoms with Crippen LogP contribution >= 0.6 is 19.3 Å². The predicted molar refractivity (Wildman–Crippen MR) is 84.2 cm³/mol. The van der Waals surface area contributed by atoms with Gasteiger partial charge in [-0.05, 0) is 24.1 Å². The van der Waals surface area contributed by atoms with Crippen LogP contribution in [0.2, 0.25) is 5.02 Å². The monoisotopic (exact) mass is 318 g/mol. The molecule has 4 nitrogen and oxygen atoms in total. The maximum atomic E-state index is 11.7. The molecule has 1 rings (SSSR count). The summed E-state index contributed by atoms with van der Waals surface area (Å²) in [5.41, 5.74) is 1.03. The minimum atomic E-state index is -3.04. The van der Waals surface area contributed by atoms with Gasteiger partial charge in [-0.1, -0.05) is 37.1 Å². The van der Waals surface area contributed by atoms with Crippen LogP contribution in [-0.4, -0.2) is 34.4 Å². The number of carbonyl (C=O) groups excluding carboxylic acids is 1. The first-order chi connectivity index (χ1) is 9.43. The Labute approximate surface area is 125 Å². The third kappa shape index (κ3) is 7.32. The number of nitrogens with one attached hydrogen (secondary N) is 1. The van der Waals surface area contributed by atoms with Crippen molar-refractivity contribution < 1.29 is 14.6 Å². The fourth-order valence-electron chi connectivity index (χ4n) is 1.78. The summed E-state index contributed by atoms with van der Waals surface area (Å²) < 4.78 is 0. The molecule has 3 N–H and O–H groups in total. The Balaban J connectivity index is 2.27. The van der Waals surface area contributed by atoms with E-state index in [0.29, 0.717) is 17.7 Å². The average Bonchev–Trinajstić information content (AvgIpc) is 2.38. The van der Waals surface area contributed by atoms with Crippen LogP contribution in [0.1, 0.15) is 25.3 Å². The van der Waals surface area contributed by atoms with Gasteiger partial charge in [-0.2, -0.15) is 0 Å². The molecule has 20 heavy (non-hydrogen) atoms. The molecule has 0 aliphatic rings. The summed E-state index contributed by atoms with van der Waals surface area (Å²) >= 11 is 5.78. The highest BCUT2D eigenvalue weighted by molar-refractivity contribution is 7.65. The van der Waals surface area contributed by atoms with Gasteiger partial charge in [0.2, 0.25) is 0 Å². The molecule has 0 saturated heterocycles. The highest BCUT2D eigenvalue weighted by Crippen LogP contribution is 2.50. The highest BCUT2D eigenvalue weighted by Gasteiger charge is 2.34. The van der Waals surface area contributed by atoms with Gasteiger partial charge in [0.15, 0.2) is 11.9 Å². The molecule has 112 valence electrons. The lowest BCUT2D eigenvalue weighted by Gasteiger charge is -2.11. The molecule has 0 aliphatic heterocycles. The first kappa shape index (κ1) is 17.5. The smallest absolute Gasteiger partial charge is 0.275 e. The number of unbranched alkanes of at least 4 members (excludes halogenated alkanes) is 1. The van der Waals surface area contributed by atoms with Gasteiger partial charge in [0.25, 0.3) is 7.72 Å². The molecule has 0 spiro atoms. The zero-order valence-corrected chi connectivity index (χ0v) is 13.3. The van der Waals surface area contributed by atoms with E-state index in [0.717, 1.165) is 18.4 Å².